The zero-order chi connectivity index (χ0) is 17.8. The van der Waals surface area contributed by atoms with E-state index in [0.29, 0.717) is 42.8 Å². The largest absolute Gasteiger partial charge is 0.472 e. The Morgan fingerprint density at radius 2 is 2.12 bits per heavy atom. The SMILES string of the molecule is O=C(c1ccoc1)N1CCOC[C@H]1c1nccc(Nc2ccccn2)n1. The summed E-state index contributed by atoms with van der Waals surface area (Å²) in [4.78, 5) is 27.6. The lowest BCUT2D eigenvalue weighted by Crippen LogP contribution is -2.44. The normalized spacial score (nSPS) is 17.1. The highest BCUT2D eigenvalue weighted by Crippen LogP contribution is 2.25. The van der Waals surface area contributed by atoms with E-state index in [-0.39, 0.29) is 11.9 Å². The smallest absolute Gasteiger partial charge is 0.257 e. The number of nitrogens with one attached hydrogen (secondary N) is 1. The van der Waals surface area contributed by atoms with E-state index in [1.54, 1.807) is 29.4 Å². The first kappa shape index (κ1) is 16.2. The monoisotopic (exact) mass is 351 g/mol. The summed E-state index contributed by atoms with van der Waals surface area (Å²) in [7, 11) is 0. The molecule has 3 aromatic rings. The van der Waals surface area contributed by atoms with E-state index in [1.165, 1.54) is 12.5 Å². The lowest BCUT2D eigenvalue weighted by molar-refractivity contribution is -0.00522. The van der Waals surface area contributed by atoms with E-state index in [1.807, 2.05) is 18.2 Å². The van der Waals surface area contributed by atoms with Crippen LogP contribution in [-0.2, 0) is 4.74 Å². The van der Waals surface area contributed by atoms with Crippen LogP contribution < -0.4 is 5.32 Å². The average molecular weight is 351 g/mol. The molecular formula is C18H17N5O3. The Balaban J connectivity index is 1.58. The van der Waals surface area contributed by atoms with Gasteiger partial charge in [-0.25, -0.2) is 15.0 Å². The first-order chi connectivity index (χ1) is 12.8. The van der Waals surface area contributed by atoms with Gasteiger partial charge in [0.2, 0.25) is 0 Å². The quantitative estimate of drug-likeness (QED) is 0.771. The summed E-state index contributed by atoms with van der Waals surface area (Å²) in [6.45, 7) is 1.29. The van der Waals surface area contributed by atoms with Crippen LogP contribution in [0.4, 0.5) is 11.6 Å². The standard InChI is InChI=1S/C18H17N5O3/c24-18(13-5-9-25-11-13)23-8-10-26-12-14(23)17-20-7-4-16(22-17)21-15-3-1-2-6-19-15/h1-7,9,11,14H,8,10,12H2,(H,19,20,21,22)/t14-/m0/s1. The van der Waals surface area contributed by atoms with Gasteiger partial charge in [0, 0.05) is 18.9 Å². The number of hydrogen-bond donors (Lipinski definition) is 1. The van der Waals surface area contributed by atoms with Gasteiger partial charge >= 0.3 is 0 Å². The summed E-state index contributed by atoms with van der Waals surface area (Å²) < 4.78 is 10.6. The van der Waals surface area contributed by atoms with Crippen LogP contribution in [0.3, 0.4) is 0 Å². The third-order valence-electron chi connectivity index (χ3n) is 4.05. The van der Waals surface area contributed by atoms with Gasteiger partial charge in [0.15, 0.2) is 5.82 Å². The average Bonchev–Trinajstić information content (AvgIpc) is 3.23. The molecule has 0 spiro atoms. The van der Waals surface area contributed by atoms with Crippen LogP contribution in [0.15, 0.2) is 59.7 Å². The van der Waals surface area contributed by atoms with Crippen molar-refractivity contribution in [2.75, 3.05) is 25.1 Å². The van der Waals surface area contributed by atoms with Crippen molar-refractivity contribution in [1.82, 2.24) is 19.9 Å². The third kappa shape index (κ3) is 3.40. The molecule has 1 amide bonds. The molecule has 0 unspecified atom stereocenters. The minimum absolute atomic E-state index is 0.126. The summed E-state index contributed by atoms with van der Waals surface area (Å²) >= 11 is 0. The minimum atomic E-state index is -0.364. The summed E-state index contributed by atoms with van der Waals surface area (Å²) in [6, 6.07) is 8.61. The second-order valence-electron chi connectivity index (χ2n) is 5.74. The number of furan rings is 1. The molecule has 0 saturated carbocycles. The van der Waals surface area contributed by atoms with Crippen LogP contribution >= 0.6 is 0 Å². The molecule has 1 saturated heterocycles. The highest BCUT2D eigenvalue weighted by molar-refractivity contribution is 5.94. The van der Waals surface area contributed by atoms with E-state index in [2.05, 4.69) is 20.3 Å². The molecule has 0 aromatic carbocycles. The van der Waals surface area contributed by atoms with Crippen molar-refractivity contribution in [2.45, 2.75) is 6.04 Å². The van der Waals surface area contributed by atoms with Gasteiger partial charge < -0.3 is 19.4 Å². The summed E-state index contributed by atoms with van der Waals surface area (Å²) in [6.07, 6.45) is 6.28. The molecule has 3 aromatic heterocycles. The molecule has 1 atom stereocenters. The van der Waals surface area contributed by atoms with E-state index < -0.39 is 0 Å². The molecule has 0 aliphatic carbocycles. The number of morpholine rings is 1. The van der Waals surface area contributed by atoms with Crippen molar-refractivity contribution in [2.24, 2.45) is 0 Å². The van der Waals surface area contributed by atoms with Gasteiger partial charge in [-0.2, -0.15) is 0 Å². The summed E-state index contributed by atoms with van der Waals surface area (Å²) in [5, 5.41) is 3.13. The fraction of sp³-hybridized carbons (Fsp3) is 0.222. The van der Waals surface area contributed by atoms with Crippen LogP contribution in [-0.4, -0.2) is 45.5 Å². The van der Waals surface area contributed by atoms with Crippen molar-refractivity contribution in [3.05, 3.63) is 66.6 Å². The number of carbonyl (C=O) groups is 1. The van der Waals surface area contributed by atoms with Crippen molar-refractivity contribution in [3.63, 3.8) is 0 Å². The molecule has 8 heteroatoms. The number of rotatable bonds is 4. The maximum absolute atomic E-state index is 12.7. The number of carbonyl (C=O) groups excluding carboxylic acids is 1. The van der Waals surface area contributed by atoms with Crippen molar-refractivity contribution in [1.29, 1.82) is 0 Å². The summed E-state index contributed by atoms with van der Waals surface area (Å²) in [5.74, 6) is 1.68. The zero-order valence-electron chi connectivity index (χ0n) is 13.9. The first-order valence-corrected chi connectivity index (χ1v) is 8.23. The van der Waals surface area contributed by atoms with Gasteiger partial charge in [-0.15, -0.1) is 0 Å². The number of aromatic nitrogens is 3. The van der Waals surface area contributed by atoms with Crippen LogP contribution in [0.1, 0.15) is 22.2 Å². The Morgan fingerprint density at radius 1 is 1.15 bits per heavy atom. The Hall–Kier alpha value is -3.26. The van der Waals surface area contributed by atoms with Crippen molar-refractivity contribution in [3.8, 4) is 0 Å². The molecule has 8 nitrogen and oxygen atoms in total. The minimum Gasteiger partial charge on any atom is -0.472 e. The molecule has 1 N–H and O–H groups in total. The molecule has 1 aliphatic rings. The Bertz CT molecular complexity index is 870. The molecule has 132 valence electrons. The van der Waals surface area contributed by atoms with Crippen LogP contribution in [0.25, 0.3) is 0 Å². The van der Waals surface area contributed by atoms with Gasteiger partial charge in [-0.1, -0.05) is 6.07 Å². The molecule has 4 rings (SSSR count). The molecule has 1 fully saturated rings. The molecule has 0 radical (unpaired) electrons. The highest BCUT2D eigenvalue weighted by Gasteiger charge is 2.31. The van der Waals surface area contributed by atoms with Crippen molar-refractivity contribution >= 4 is 17.5 Å². The maximum atomic E-state index is 12.7. The zero-order valence-corrected chi connectivity index (χ0v) is 13.9. The fourth-order valence-corrected chi connectivity index (χ4v) is 2.78. The van der Waals surface area contributed by atoms with Crippen LogP contribution in [0.5, 0.6) is 0 Å². The first-order valence-electron chi connectivity index (χ1n) is 8.23. The number of nitrogens with zero attached hydrogens (tertiary/aromatic N) is 4. The Morgan fingerprint density at radius 3 is 2.92 bits per heavy atom. The van der Waals surface area contributed by atoms with Gasteiger partial charge in [0.25, 0.3) is 5.91 Å². The predicted octanol–water partition coefficient (Wildman–Crippen LogP) is 2.42. The maximum Gasteiger partial charge on any atom is 0.257 e. The molecule has 26 heavy (non-hydrogen) atoms. The van der Waals surface area contributed by atoms with Gasteiger partial charge in [-0.05, 0) is 24.3 Å². The number of hydrogen-bond acceptors (Lipinski definition) is 7. The predicted molar refractivity (Wildman–Crippen MR) is 92.9 cm³/mol. The molecular weight excluding hydrogens is 334 g/mol. The molecule has 0 bridgehead atoms. The van der Waals surface area contributed by atoms with Crippen molar-refractivity contribution < 1.29 is 13.9 Å². The number of ether oxygens (including phenoxy) is 1. The molecule has 1 aliphatic heterocycles. The third-order valence-corrected chi connectivity index (χ3v) is 4.05. The van der Waals surface area contributed by atoms with Gasteiger partial charge in [-0.3, -0.25) is 4.79 Å². The Kier molecular flexibility index (Phi) is 4.57. The second kappa shape index (κ2) is 7.32. The van der Waals surface area contributed by atoms with E-state index in [9.17, 15) is 4.79 Å². The lowest BCUT2D eigenvalue weighted by Gasteiger charge is -2.34. The second-order valence-corrected chi connectivity index (χ2v) is 5.74. The fourth-order valence-electron chi connectivity index (χ4n) is 2.78. The molecule has 4 heterocycles. The number of amides is 1. The van der Waals surface area contributed by atoms with E-state index in [0.717, 1.165) is 0 Å². The number of anilines is 2. The van der Waals surface area contributed by atoms with Crippen LogP contribution in [0, 0.1) is 0 Å². The number of pyridine rings is 1. The lowest BCUT2D eigenvalue weighted by atomic mass is 10.1. The summed E-state index contributed by atoms with van der Waals surface area (Å²) in [5.41, 5.74) is 0.500. The van der Waals surface area contributed by atoms with Gasteiger partial charge in [0.05, 0.1) is 25.0 Å². The Labute approximate surface area is 149 Å². The van der Waals surface area contributed by atoms with Gasteiger partial charge in [0.1, 0.15) is 23.9 Å². The van der Waals surface area contributed by atoms with E-state index in [4.69, 9.17) is 9.15 Å². The topological polar surface area (TPSA) is 93.4 Å². The van der Waals surface area contributed by atoms with E-state index >= 15 is 0 Å². The highest BCUT2D eigenvalue weighted by atomic mass is 16.5. The van der Waals surface area contributed by atoms with Crippen LogP contribution in [0.2, 0.25) is 0 Å².